The molecular weight excluding hydrogens is 454 g/mol. The summed E-state index contributed by atoms with van der Waals surface area (Å²) in [7, 11) is 0. The van der Waals surface area contributed by atoms with Gasteiger partial charge in [0.25, 0.3) is 0 Å². The zero-order valence-corrected chi connectivity index (χ0v) is 21.5. The summed E-state index contributed by atoms with van der Waals surface area (Å²) in [5.74, 6) is 0.488. The molecule has 1 atom stereocenters. The summed E-state index contributed by atoms with van der Waals surface area (Å²) in [4.78, 5) is 24.7. The third kappa shape index (κ3) is 7.03. The molecule has 0 bridgehead atoms. The number of aromatic nitrogens is 3. The molecule has 3 aromatic rings. The lowest BCUT2D eigenvalue weighted by atomic mass is 9.86. The molecule has 1 aliphatic rings. The van der Waals surface area contributed by atoms with Gasteiger partial charge in [-0.2, -0.15) is 0 Å². The Balaban J connectivity index is 1.52. The number of pyridine rings is 1. The summed E-state index contributed by atoms with van der Waals surface area (Å²) in [5.41, 5.74) is 4.89. The van der Waals surface area contributed by atoms with Crippen molar-refractivity contribution in [3.05, 3.63) is 65.6 Å². The summed E-state index contributed by atoms with van der Waals surface area (Å²) in [5, 5.41) is 9.35. The molecule has 2 aromatic heterocycles. The van der Waals surface area contributed by atoms with Gasteiger partial charge in [0.05, 0.1) is 24.9 Å². The van der Waals surface area contributed by atoms with Crippen molar-refractivity contribution in [2.75, 3.05) is 6.61 Å². The highest BCUT2D eigenvalue weighted by Gasteiger charge is 2.33. The predicted molar refractivity (Wildman–Crippen MR) is 138 cm³/mol. The second-order valence-electron chi connectivity index (χ2n) is 10.7. The van der Waals surface area contributed by atoms with Crippen LogP contribution in [0, 0.1) is 11.3 Å². The monoisotopic (exact) mass is 489 g/mol. The maximum atomic E-state index is 11.4. The van der Waals surface area contributed by atoms with Crippen LogP contribution in [0.15, 0.2) is 48.9 Å². The normalized spacial score (nSPS) is 14.3. The van der Waals surface area contributed by atoms with Gasteiger partial charge in [-0.25, -0.2) is 9.97 Å². The third-order valence-electron chi connectivity index (χ3n) is 6.21. The standard InChI is InChI=1S/C29H35N3O4/c1-5-35-28-31-15-23(16-32-28)27-22(14-29(2,3)4)12-24(17-30-27)36-18-19-7-6-8-21(11-19)25(13-26(33)34)20-9-10-20/h6-8,11-12,15-17,20,25H,5,9-10,13-14,18H2,1-4H3,(H,33,34). The van der Waals surface area contributed by atoms with Crippen molar-refractivity contribution in [1.29, 1.82) is 0 Å². The van der Waals surface area contributed by atoms with E-state index in [1.807, 2.05) is 31.2 Å². The predicted octanol–water partition coefficient (Wildman–Crippen LogP) is 6.07. The lowest BCUT2D eigenvalue weighted by Gasteiger charge is -2.21. The van der Waals surface area contributed by atoms with Gasteiger partial charge in [-0.3, -0.25) is 9.78 Å². The molecule has 0 aliphatic heterocycles. The molecule has 7 heteroatoms. The lowest BCUT2D eigenvalue weighted by molar-refractivity contribution is -0.137. The van der Waals surface area contributed by atoms with Gasteiger partial charge >= 0.3 is 12.0 Å². The van der Waals surface area contributed by atoms with Gasteiger partial charge in [0.15, 0.2) is 0 Å². The summed E-state index contributed by atoms with van der Waals surface area (Å²) < 4.78 is 11.5. The molecular formula is C29H35N3O4. The second-order valence-corrected chi connectivity index (χ2v) is 10.7. The molecule has 1 saturated carbocycles. The zero-order chi connectivity index (χ0) is 25.7. The number of carboxylic acids is 1. The van der Waals surface area contributed by atoms with E-state index in [1.165, 1.54) is 0 Å². The van der Waals surface area contributed by atoms with Crippen LogP contribution in [0.5, 0.6) is 11.8 Å². The molecule has 1 fully saturated rings. The molecule has 0 spiro atoms. The van der Waals surface area contributed by atoms with Crippen LogP contribution >= 0.6 is 0 Å². The van der Waals surface area contributed by atoms with E-state index in [1.54, 1.807) is 18.6 Å². The minimum atomic E-state index is -0.746. The van der Waals surface area contributed by atoms with Gasteiger partial charge in [0, 0.05) is 18.0 Å². The fourth-order valence-electron chi connectivity index (χ4n) is 4.50. The van der Waals surface area contributed by atoms with Crippen LogP contribution in [0.3, 0.4) is 0 Å². The molecule has 1 aliphatic carbocycles. The molecule has 0 radical (unpaired) electrons. The Hall–Kier alpha value is -3.48. The third-order valence-corrected chi connectivity index (χ3v) is 6.21. The Labute approximate surface area is 212 Å². The van der Waals surface area contributed by atoms with Crippen LogP contribution < -0.4 is 9.47 Å². The topological polar surface area (TPSA) is 94.4 Å². The smallest absolute Gasteiger partial charge is 0.316 e. The van der Waals surface area contributed by atoms with E-state index < -0.39 is 5.97 Å². The average Bonchev–Trinajstić information content (AvgIpc) is 3.67. The van der Waals surface area contributed by atoms with E-state index in [-0.39, 0.29) is 17.8 Å². The number of aliphatic carboxylic acids is 1. The van der Waals surface area contributed by atoms with E-state index in [4.69, 9.17) is 14.5 Å². The maximum Gasteiger partial charge on any atom is 0.316 e. The van der Waals surface area contributed by atoms with Crippen molar-refractivity contribution in [3.8, 4) is 23.0 Å². The first kappa shape index (κ1) is 25.6. The molecule has 1 N–H and O–H groups in total. The summed E-state index contributed by atoms with van der Waals surface area (Å²) >= 11 is 0. The average molecular weight is 490 g/mol. The number of ether oxygens (including phenoxy) is 2. The van der Waals surface area contributed by atoms with Crippen LogP contribution in [0.4, 0.5) is 0 Å². The van der Waals surface area contributed by atoms with Crippen LogP contribution in [0.25, 0.3) is 11.3 Å². The van der Waals surface area contributed by atoms with Crippen LogP contribution in [0.1, 0.15) is 69.6 Å². The Morgan fingerprint density at radius 1 is 1.08 bits per heavy atom. The highest BCUT2D eigenvalue weighted by Crippen LogP contribution is 2.44. The van der Waals surface area contributed by atoms with E-state index in [0.29, 0.717) is 30.9 Å². The first-order chi connectivity index (χ1) is 17.2. The van der Waals surface area contributed by atoms with Gasteiger partial charge in [-0.15, -0.1) is 0 Å². The van der Waals surface area contributed by atoms with Crippen molar-refractivity contribution in [1.82, 2.24) is 15.0 Å². The molecule has 0 saturated heterocycles. The maximum absolute atomic E-state index is 11.4. The number of nitrogens with zero attached hydrogens (tertiary/aromatic N) is 3. The number of carbonyl (C=O) groups is 1. The molecule has 7 nitrogen and oxygen atoms in total. The van der Waals surface area contributed by atoms with Gasteiger partial charge in [-0.05, 0) is 66.2 Å². The van der Waals surface area contributed by atoms with Gasteiger partial charge in [0.1, 0.15) is 12.4 Å². The first-order valence-electron chi connectivity index (χ1n) is 12.6. The van der Waals surface area contributed by atoms with E-state index in [0.717, 1.165) is 47.2 Å². The van der Waals surface area contributed by atoms with Crippen molar-refractivity contribution < 1.29 is 19.4 Å². The molecule has 1 unspecified atom stereocenters. The van der Waals surface area contributed by atoms with Gasteiger partial charge in [-0.1, -0.05) is 45.0 Å². The molecule has 36 heavy (non-hydrogen) atoms. The number of rotatable bonds is 11. The summed E-state index contributed by atoms with van der Waals surface area (Å²) in [6.07, 6.45) is 8.41. The summed E-state index contributed by atoms with van der Waals surface area (Å²) in [6, 6.07) is 10.5. The quantitative estimate of drug-likeness (QED) is 0.349. The summed E-state index contributed by atoms with van der Waals surface area (Å²) in [6.45, 7) is 9.38. The Morgan fingerprint density at radius 3 is 2.47 bits per heavy atom. The van der Waals surface area contributed by atoms with Crippen molar-refractivity contribution in [2.24, 2.45) is 11.3 Å². The Kier molecular flexibility index (Phi) is 7.87. The molecule has 1 aromatic carbocycles. The van der Waals surface area contributed by atoms with Crippen LogP contribution in [-0.2, 0) is 17.8 Å². The van der Waals surface area contributed by atoms with E-state index in [9.17, 15) is 9.90 Å². The second kappa shape index (κ2) is 11.1. The van der Waals surface area contributed by atoms with Crippen molar-refractivity contribution >= 4 is 5.97 Å². The minimum Gasteiger partial charge on any atom is -0.487 e. The Morgan fingerprint density at radius 2 is 1.83 bits per heavy atom. The number of carboxylic acid groups (broad SMARTS) is 1. The van der Waals surface area contributed by atoms with Crippen LogP contribution in [-0.4, -0.2) is 32.6 Å². The lowest BCUT2D eigenvalue weighted by Crippen LogP contribution is -2.11. The molecule has 2 heterocycles. The number of benzene rings is 1. The molecule has 0 amide bonds. The highest BCUT2D eigenvalue weighted by atomic mass is 16.5. The number of hydrogen-bond donors (Lipinski definition) is 1. The van der Waals surface area contributed by atoms with E-state index >= 15 is 0 Å². The van der Waals surface area contributed by atoms with Gasteiger partial charge < -0.3 is 14.6 Å². The largest absolute Gasteiger partial charge is 0.487 e. The highest BCUT2D eigenvalue weighted by molar-refractivity contribution is 5.68. The molecule has 4 rings (SSSR count). The molecule has 190 valence electrons. The fraction of sp³-hybridized carbons (Fsp3) is 0.448. The van der Waals surface area contributed by atoms with Crippen LogP contribution in [0.2, 0.25) is 0 Å². The van der Waals surface area contributed by atoms with Crippen molar-refractivity contribution in [2.45, 2.75) is 65.9 Å². The zero-order valence-electron chi connectivity index (χ0n) is 21.5. The first-order valence-corrected chi connectivity index (χ1v) is 12.6. The van der Waals surface area contributed by atoms with E-state index in [2.05, 4.69) is 36.8 Å². The fourth-order valence-corrected chi connectivity index (χ4v) is 4.50. The minimum absolute atomic E-state index is 0.0530. The number of hydrogen-bond acceptors (Lipinski definition) is 6. The Bertz CT molecular complexity index is 1180. The SMILES string of the molecule is CCOc1ncc(-c2ncc(OCc3cccc(C(CC(=O)O)C4CC4)c3)cc2CC(C)(C)C)cn1. The van der Waals surface area contributed by atoms with Gasteiger partial charge in [0.2, 0.25) is 0 Å². The van der Waals surface area contributed by atoms with Crippen molar-refractivity contribution in [3.63, 3.8) is 0 Å².